The van der Waals surface area contributed by atoms with E-state index in [-0.39, 0.29) is 0 Å². The molecular formula is C11H11ClN2OS. The molecular weight excluding hydrogens is 244 g/mol. The molecule has 0 aliphatic carbocycles. The highest BCUT2D eigenvalue weighted by Gasteiger charge is 1.97. The number of nitrogens with zero attached hydrogens (tertiary/aromatic N) is 2. The number of ether oxygens (including phenoxy) is 1. The third kappa shape index (κ3) is 3.56. The normalized spacial score (nSPS) is 10.6. The Morgan fingerprint density at radius 3 is 2.94 bits per heavy atom. The lowest BCUT2D eigenvalue weighted by Crippen LogP contribution is -2.00. The van der Waals surface area contributed by atoms with Gasteiger partial charge in [0.15, 0.2) is 0 Å². The van der Waals surface area contributed by atoms with Crippen LogP contribution in [0.5, 0.6) is 0 Å². The first-order valence-corrected chi connectivity index (χ1v) is 6.17. The Bertz CT molecular complexity index is 416. The molecule has 0 unspecified atom stereocenters. The Morgan fingerprint density at radius 2 is 2.25 bits per heavy atom. The zero-order valence-corrected chi connectivity index (χ0v) is 10.2. The summed E-state index contributed by atoms with van der Waals surface area (Å²) in [6, 6.07) is 4.15. The highest BCUT2D eigenvalue weighted by atomic mass is 35.5. The molecule has 3 nitrogen and oxygen atoms in total. The van der Waals surface area contributed by atoms with Crippen LogP contribution in [0.2, 0.25) is 5.15 Å². The van der Waals surface area contributed by atoms with E-state index in [9.17, 15) is 0 Å². The Hall–Kier alpha value is -0.970. The first-order chi connectivity index (χ1) is 7.84. The van der Waals surface area contributed by atoms with Gasteiger partial charge < -0.3 is 4.74 Å². The van der Waals surface area contributed by atoms with E-state index < -0.39 is 0 Å². The van der Waals surface area contributed by atoms with E-state index >= 15 is 0 Å². The fourth-order valence-electron chi connectivity index (χ4n) is 1.22. The van der Waals surface area contributed by atoms with Crippen molar-refractivity contribution in [1.82, 2.24) is 9.97 Å². The molecule has 0 saturated carbocycles. The minimum atomic E-state index is 0.405. The topological polar surface area (TPSA) is 35.0 Å². The predicted octanol–water partition coefficient (Wildman–Crippen LogP) is 2.95. The maximum atomic E-state index is 5.63. The lowest BCUT2D eigenvalue weighted by Gasteiger charge is -2.02. The molecule has 0 fully saturated rings. The summed E-state index contributed by atoms with van der Waals surface area (Å²) in [6.07, 6.45) is 4.10. The molecule has 2 rings (SSSR count). The van der Waals surface area contributed by atoms with Gasteiger partial charge in [-0.05, 0) is 11.4 Å². The van der Waals surface area contributed by atoms with E-state index in [0.29, 0.717) is 18.4 Å². The summed E-state index contributed by atoms with van der Waals surface area (Å²) in [6.45, 7) is 1.18. The van der Waals surface area contributed by atoms with Crippen LogP contribution in [-0.2, 0) is 17.8 Å². The van der Waals surface area contributed by atoms with Gasteiger partial charge in [-0.25, -0.2) is 4.98 Å². The molecule has 16 heavy (non-hydrogen) atoms. The first-order valence-electron chi connectivity index (χ1n) is 4.91. The van der Waals surface area contributed by atoms with Crippen LogP contribution in [-0.4, -0.2) is 16.6 Å². The summed E-state index contributed by atoms with van der Waals surface area (Å²) in [5.41, 5.74) is 0.801. The number of hydrogen-bond acceptors (Lipinski definition) is 4. The van der Waals surface area contributed by atoms with Crippen molar-refractivity contribution >= 4 is 22.9 Å². The van der Waals surface area contributed by atoms with Crippen molar-refractivity contribution in [2.45, 2.75) is 13.0 Å². The van der Waals surface area contributed by atoms with E-state index in [4.69, 9.17) is 16.3 Å². The number of hydrogen-bond donors (Lipinski definition) is 0. The van der Waals surface area contributed by atoms with Gasteiger partial charge in [-0.15, -0.1) is 11.3 Å². The molecule has 0 radical (unpaired) electrons. The van der Waals surface area contributed by atoms with Gasteiger partial charge in [0.05, 0.1) is 31.3 Å². The lowest BCUT2D eigenvalue weighted by atomic mass is 10.4. The van der Waals surface area contributed by atoms with Crippen molar-refractivity contribution < 1.29 is 4.74 Å². The summed E-state index contributed by atoms with van der Waals surface area (Å²) in [5, 5.41) is 2.47. The van der Waals surface area contributed by atoms with E-state index in [0.717, 1.165) is 12.1 Å². The molecule has 0 N–H and O–H groups in total. The van der Waals surface area contributed by atoms with Crippen LogP contribution in [0.15, 0.2) is 29.9 Å². The van der Waals surface area contributed by atoms with Crippen molar-refractivity contribution in [3.63, 3.8) is 0 Å². The van der Waals surface area contributed by atoms with E-state index in [1.54, 1.807) is 17.5 Å². The average molecular weight is 255 g/mol. The Labute approximate surface area is 103 Å². The fourth-order valence-corrected chi connectivity index (χ4v) is 2.01. The zero-order valence-electron chi connectivity index (χ0n) is 8.60. The lowest BCUT2D eigenvalue weighted by molar-refractivity contribution is 0.121. The Kier molecular flexibility index (Phi) is 4.27. The van der Waals surface area contributed by atoms with Gasteiger partial charge in [0.2, 0.25) is 0 Å². The van der Waals surface area contributed by atoms with Crippen LogP contribution < -0.4 is 0 Å². The molecule has 0 bridgehead atoms. The second-order valence-electron chi connectivity index (χ2n) is 3.21. The second kappa shape index (κ2) is 5.94. The molecule has 84 valence electrons. The predicted molar refractivity (Wildman–Crippen MR) is 64.7 cm³/mol. The summed E-state index contributed by atoms with van der Waals surface area (Å²) in [7, 11) is 0. The third-order valence-electron chi connectivity index (χ3n) is 2.00. The SMILES string of the molecule is Clc1cnc(COCCc2cccs2)cn1. The molecule has 0 atom stereocenters. The summed E-state index contributed by atoms with van der Waals surface area (Å²) < 4.78 is 5.49. The monoisotopic (exact) mass is 254 g/mol. The van der Waals surface area contributed by atoms with Gasteiger partial charge in [-0.2, -0.15) is 0 Å². The van der Waals surface area contributed by atoms with Crippen LogP contribution in [0.1, 0.15) is 10.6 Å². The number of thiophene rings is 1. The second-order valence-corrected chi connectivity index (χ2v) is 4.63. The van der Waals surface area contributed by atoms with E-state index in [1.165, 1.54) is 11.1 Å². The quantitative estimate of drug-likeness (QED) is 0.770. The smallest absolute Gasteiger partial charge is 0.147 e. The van der Waals surface area contributed by atoms with Crippen molar-refractivity contribution in [2.75, 3.05) is 6.61 Å². The molecule has 0 aliphatic heterocycles. The molecule has 2 aromatic heterocycles. The molecule has 0 aliphatic rings. The largest absolute Gasteiger partial charge is 0.375 e. The molecule has 0 amide bonds. The van der Waals surface area contributed by atoms with Gasteiger partial charge >= 0.3 is 0 Å². The average Bonchev–Trinajstić information content (AvgIpc) is 2.80. The molecule has 2 aromatic rings. The van der Waals surface area contributed by atoms with Gasteiger partial charge in [0.25, 0.3) is 0 Å². The van der Waals surface area contributed by atoms with Crippen LogP contribution in [0.25, 0.3) is 0 Å². The molecule has 0 aromatic carbocycles. The molecule has 5 heteroatoms. The summed E-state index contributed by atoms with van der Waals surface area (Å²) >= 11 is 7.37. The minimum absolute atomic E-state index is 0.405. The fraction of sp³-hybridized carbons (Fsp3) is 0.273. The van der Waals surface area contributed by atoms with Crippen LogP contribution in [0.3, 0.4) is 0 Å². The molecule has 2 heterocycles. The zero-order chi connectivity index (χ0) is 11.2. The Balaban J connectivity index is 1.70. The standard InChI is InChI=1S/C11H11ClN2OS/c12-11-7-13-9(6-14-11)8-15-4-3-10-2-1-5-16-10/h1-2,5-7H,3-4,8H2. The van der Waals surface area contributed by atoms with Crippen LogP contribution in [0, 0.1) is 0 Å². The maximum Gasteiger partial charge on any atom is 0.147 e. The van der Waals surface area contributed by atoms with Crippen molar-refractivity contribution in [3.8, 4) is 0 Å². The minimum Gasteiger partial charge on any atom is -0.375 e. The Morgan fingerprint density at radius 1 is 1.31 bits per heavy atom. The highest BCUT2D eigenvalue weighted by Crippen LogP contribution is 2.09. The highest BCUT2D eigenvalue weighted by molar-refractivity contribution is 7.09. The number of rotatable bonds is 5. The summed E-state index contributed by atoms with van der Waals surface area (Å²) in [4.78, 5) is 9.36. The number of halogens is 1. The summed E-state index contributed by atoms with van der Waals surface area (Å²) in [5.74, 6) is 0. The molecule has 0 spiro atoms. The van der Waals surface area contributed by atoms with Crippen molar-refractivity contribution in [2.24, 2.45) is 0 Å². The van der Waals surface area contributed by atoms with E-state index in [1.807, 2.05) is 6.07 Å². The van der Waals surface area contributed by atoms with Crippen LogP contribution >= 0.6 is 22.9 Å². The first kappa shape index (κ1) is 11.5. The third-order valence-corrected chi connectivity index (χ3v) is 3.13. The van der Waals surface area contributed by atoms with Gasteiger partial charge in [-0.3, -0.25) is 4.98 Å². The van der Waals surface area contributed by atoms with Gasteiger partial charge in [0, 0.05) is 11.3 Å². The van der Waals surface area contributed by atoms with Crippen molar-refractivity contribution in [3.05, 3.63) is 45.6 Å². The van der Waals surface area contributed by atoms with Crippen molar-refractivity contribution in [1.29, 1.82) is 0 Å². The number of aromatic nitrogens is 2. The van der Waals surface area contributed by atoms with Gasteiger partial charge in [-0.1, -0.05) is 17.7 Å². The van der Waals surface area contributed by atoms with Crippen LogP contribution in [0.4, 0.5) is 0 Å². The molecule has 0 saturated heterocycles. The van der Waals surface area contributed by atoms with E-state index in [2.05, 4.69) is 21.4 Å². The van der Waals surface area contributed by atoms with Gasteiger partial charge in [0.1, 0.15) is 5.15 Å². The maximum absolute atomic E-state index is 5.63.